The third-order valence-electron chi connectivity index (χ3n) is 13.9. The molecule has 81 heavy (non-hydrogen) atoms. The predicted molar refractivity (Wildman–Crippen MR) is 352 cm³/mol. The third kappa shape index (κ3) is 66.0. The first-order chi connectivity index (χ1) is 40.0. The Hall–Kier alpha value is -4.71. The molecule has 1 atom stereocenters. The lowest BCUT2D eigenvalue weighted by atomic mass is 10.0. The van der Waals surface area contributed by atoms with Crippen LogP contribution in [0.25, 0.3) is 0 Å². The molecule has 0 amide bonds. The Bertz CT molecular complexity index is 1760. The number of hydrogen-bond donors (Lipinski definition) is 0. The van der Waals surface area contributed by atoms with Gasteiger partial charge >= 0.3 is 17.9 Å². The molecule has 0 fully saturated rings. The lowest BCUT2D eigenvalue weighted by molar-refractivity contribution is -0.166. The monoisotopic (exact) mass is 1120 g/mol. The van der Waals surface area contributed by atoms with E-state index < -0.39 is 12.1 Å². The molecule has 0 radical (unpaired) electrons. The van der Waals surface area contributed by atoms with E-state index in [-0.39, 0.29) is 31.6 Å². The van der Waals surface area contributed by atoms with Gasteiger partial charge in [-0.15, -0.1) is 0 Å². The molecule has 0 N–H and O–H groups in total. The highest BCUT2D eigenvalue weighted by molar-refractivity contribution is 5.71. The number of esters is 3. The predicted octanol–water partition coefficient (Wildman–Crippen LogP) is 23.1. The zero-order valence-corrected chi connectivity index (χ0v) is 52.5. The van der Waals surface area contributed by atoms with Gasteiger partial charge in [0.2, 0.25) is 0 Å². The van der Waals surface area contributed by atoms with Crippen LogP contribution in [-0.4, -0.2) is 37.2 Å². The van der Waals surface area contributed by atoms with Crippen LogP contribution in [0.5, 0.6) is 0 Å². The lowest BCUT2D eigenvalue weighted by Crippen LogP contribution is -2.30. The van der Waals surface area contributed by atoms with E-state index in [9.17, 15) is 14.4 Å². The smallest absolute Gasteiger partial charge is 0.306 e. The van der Waals surface area contributed by atoms with Gasteiger partial charge in [0, 0.05) is 19.3 Å². The number of allylic oxidation sites excluding steroid dienone is 24. The Balaban J connectivity index is 4.42. The molecule has 0 saturated carbocycles. The lowest BCUT2D eigenvalue weighted by Gasteiger charge is -2.18. The summed E-state index contributed by atoms with van der Waals surface area (Å²) in [5.41, 5.74) is 0. The number of ether oxygens (including phenoxy) is 3. The molecule has 0 rings (SSSR count). The first-order valence-electron chi connectivity index (χ1n) is 33.3. The standard InChI is InChI=1S/C75H122O6/c1-4-7-10-13-16-19-22-25-28-30-32-33-34-35-36-37-38-39-40-41-43-44-47-50-53-56-59-62-65-68-74(77)80-71-72(70-79-73(76)67-64-61-58-55-52-49-46-27-24-21-18-15-12-9-6-3)81-75(78)69-66-63-60-57-54-51-48-45-42-31-29-26-23-20-17-14-11-8-5-2/h7-8,10-11,16-17,19-20,25-26,28-29,32-33,35-36,38-39,42,45,51,54,60,63,72H,4-6,9,12-15,18,21-24,27,30-31,34,37,40-41,43-44,46-50,52-53,55-59,61-62,64-71H2,1-3H3/b10-7-,11-8-,19-16-,20-17-,28-25-,29-26-,33-32-,36-35-,39-38-,45-42-,54-51-,63-60-. The van der Waals surface area contributed by atoms with E-state index >= 15 is 0 Å². The van der Waals surface area contributed by atoms with Crippen molar-refractivity contribution < 1.29 is 28.6 Å². The van der Waals surface area contributed by atoms with Crippen LogP contribution in [0.2, 0.25) is 0 Å². The van der Waals surface area contributed by atoms with Gasteiger partial charge in [0.15, 0.2) is 6.10 Å². The minimum absolute atomic E-state index is 0.111. The maximum Gasteiger partial charge on any atom is 0.306 e. The fourth-order valence-corrected chi connectivity index (χ4v) is 8.94. The molecule has 0 heterocycles. The van der Waals surface area contributed by atoms with Gasteiger partial charge in [-0.25, -0.2) is 0 Å². The molecule has 0 aliphatic rings. The molecule has 458 valence electrons. The molecular formula is C75H122O6. The maximum absolute atomic E-state index is 12.9. The SMILES string of the molecule is CC/C=C\C/C=C\C/C=C\C/C=C\C/C=C\C/C=C\CCCCCCCCCCCCC(=O)OCC(COC(=O)CCCCCCCCCCCCCCCCC)OC(=O)CC/C=C\C/C=C\C/C=C\C/C=C\C/C=C\C/C=C\CC. The minimum atomic E-state index is -0.826. The summed E-state index contributed by atoms with van der Waals surface area (Å²) in [7, 11) is 0. The molecule has 0 aliphatic heterocycles. The van der Waals surface area contributed by atoms with Crippen molar-refractivity contribution in [2.45, 2.75) is 297 Å². The highest BCUT2D eigenvalue weighted by Crippen LogP contribution is 2.16. The Morgan fingerprint density at radius 3 is 0.802 bits per heavy atom. The van der Waals surface area contributed by atoms with Crippen LogP contribution >= 0.6 is 0 Å². The molecule has 0 aromatic heterocycles. The van der Waals surface area contributed by atoms with Gasteiger partial charge in [-0.2, -0.15) is 0 Å². The van der Waals surface area contributed by atoms with Gasteiger partial charge < -0.3 is 14.2 Å². The Labute approximate surface area is 499 Å². The largest absolute Gasteiger partial charge is 0.462 e. The quantitative estimate of drug-likeness (QED) is 0.0261. The van der Waals surface area contributed by atoms with Gasteiger partial charge in [0.05, 0.1) is 0 Å². The van der Waals surface area contributed by atoms with Crippen LogP contribution in [0.15, 0.2) is 146 Å². The summed E-state index contributed by atoms with van der Waals surface area (Å²) in [5.74, 6) is -0.996. The fraction of sp³-hybridized carbons (Fsp3) is 0.640. The second kappa shape index (κ2) is 67.8. The minimum Gasteiger partial charge on any atom is -0.462 e. The number of hydrogen-bond acceptors (Lipinski definition) is 6. The van der Waals surface area contributed by atoms with Crippen molar-refractivity contribution >= 4 is 17.9 Å². The molecule has 0 aliphatic carbocycles. The Kier molecular flexibility index (Phi) is 63.9. The van der Waals surface area contributed by atoms with E-state index in [1.807, 2.05) is 6.08 Å². The van der Waals surface area contributed by atoms with E-state index in [0.717, 1.165) is 122 Å². The molecule has 1 unspecified atom stereocenters. The van der Waals surface area contributed by atoms with Crippen molar-refractivity contribution in [3.63, 3.8) is 0 Å². The summed E-state index contributed by atoms with van der Waals surface area (Å²) < 4.78 is 16.9. The molecule has 0 aromatic carbocycles. The van der Waals surface area contributed by atoms with Crippen LogP contribution in [0.4, 0.5) is 0 Å². The molecular weight excluding hydrogens is 997 g/mol. The second-order valence-corrected chi connectivity index (χ2v) is 21.6. The molecule has 0 saturated heterocycles. The summed E-state index contributed by atoms with van der Waals surface area (Å²) in [6.07, 6.45) is 97.3. The zero-order valence-electron chi connectivity index (χ0n) is 52.5. The van der Waals surface area contributed by atoms with Crippen LogP contribution < -0.4 is 0 Å². The molecule has 6 nitrogen and oxygen atoms in total. The normalized spacial score (nSPS) is 13.1. The second-order valence-electron chi connectivity index (χ2n) is 21.6. The average Bonchev–Trinajstić information content (AvgIpc) is 3.47. The first kappa shape index (κ1) is 76.3. The summed E-state index contributed by atoms with van der Waals surface area (Å²) in [4.78, 5) is 38.3. The van der Waals surface area contributed by atoms with Gasteiger partial charge in [-0.1, -0.05) is 308 Å². The van der Waals surface area contributed by atoms with Gasteiger partial charge in [-0.3, -0.25) is 14.4 Å². The number of rotatable bonds is 59. The van der Waals surface area contributed by atoms with E-state index in [1.54, 1.807) is 0 Å². The van der Waals surface area contributed by atoms with Gasteiger partial charge in [0.25, 0.3) is 0 Å². The highest BCUT2D eigenvalue weighted by atomic mass is 16.6. The number of unbranched alkanes of at least 4 members (excludes halogenated alkanes) is 24. The summed E-state index contributed by atoms with van der Waals surface area (Å²) >= 11 is 0. The van der Waals surface area contributed by atoms with Crippen molar-refractivity contribution in [2.24, 2.45) is 0 Å². The number of carbonyl (C=O) groups is 3. The molecule has 0 bridgehead atoms. The van der Waals surface area contributed by atoms with E-state index in [1.165, 1.54) is 122 Å². The van der Waals surface area contributed by atoms with Gasteiger partial charge in [-0.05, 0) is 109 Å². The van der Waals surface area contributed by atoms with Crippen LogP contribution in [-0.2, 0) is 28.6 Å². The Morgan fingerprint density at radius 1 is 0.259 bits per heavy atom. The Morgan fingerprint density at radius 2 is 0.506 bits per heavy atom. The fourth-order valence-electron chi connectivity index (χ4n) is 8.94. The third-order valence-corrected chi connectivity index (χ3v) is 13.9. The zero-order chi connectivity index (χ0) is 58.5. The maximum atomic E-state index is 12.9. The summed E-state index contributed by atoms with van der Waals surface area (Å²) in [6.45, 7) is 6.36. The van der Waals surface area contributed by atoms with E-state index in [0.29, 0.717) is 19.3 Å². The first-order valence-corrected chi connectivity index (χ1v) is 33.3. The van der Waals surface area contributed by atoms with Crippen molar-refractivity contribution in [1.29, 1.82) is 0 Å². The van der Waals surface area contributed by atoms with Crippen LogP contribution in [0, 0.1) is 0 Å². The highest BCUT2D eigenvalue weighted by Gasteiger charge is 2.19. The summed E-state index contributed by atoms with van der Waals surface area (Å²) in [6, 6.07) is 0. The van der Waals surface area contributed by atoms with Gasteiger partial charge in [0.1, 0.15) is 13.2 Å². The molecule has 6 heteroatoms. The molecule has 0 spiro atoms. The van der Waals surface area contributed by atoms with Crippen LogP contribution in [0.3, 0.4) is 0 Å². The van der Waals surface area contributed by atoms with Crippen molar-refractivity contribution in [1.82, 2.24) is 0 Å². The average molecular weight is 1120 g/mol. The van der Waals surface area contributed by atoms with Crippen LogP contribution in [0.1, 0.15) is 290 Å². The topological polar surface area (TPSA) is 78.9 Å². The molecule has 0 aromatic rings. The number of carbonyl (C=O) groups excluding carboxylic acids is 3. The van der Waals surface area contributed by atoms with Crippen molar-refractivity contribution in [3.8, 4) is 0 Å². The van der Waals surface area contributed by atoms with E-state index in [4.69, 9.17) is 14.2 Å². The van der Waals surface area contributed by atoms with Crippen molar-refractivity contribution in [2.75, 3.05) is 13.2 Å². The summed E-state index contributed by atoms with van der Waals surface area (Å²) in [5, 5.41) is 0. The van der Waals surface area contributed by atoms with Crippen molar-refractivity contribution in [3.05, 3.63) is 146 Å². The van der Waals surface area contributed by atoms with E-state index in [2.05, 4.69) is 161 Å².